The molecule has 3 aromatic rings. The van der Waals surface area contributed by atoms with Crippen LogP contribution in [-0.4, -0.2) is 15.0 Å². The first-order valence-corrected chi connectivity index (χ1v) is 7.10. The molecular weight excluding hydrogens is 338 g/mol. The summed E-state index contributed by atoms with van der Waals surface area (Å²) in [6, 6.07) is 15.3. The molecule has 1 heterocycles. The van der Waals surface area contributed by atoms with Gasteiger partial charge in [-0.25, -0.2) is 15.0 Å². The number of halogens is 2. The Balaban J connectivity index is 2.01. The minimum Gasteiger partial charge on any atom is -0.217 e. The van der Waals surface area contributed by atoms with Crippen LogP contribution in [0.1, 0.15) is 0 Å². The van der Waals surface area contributed by atoms with Gasteiger partial charge in [-0.2, -0.15) is 0 Å². The highest BCUT2D eigenvalue weighted by molar-refractivity contribution is 9.10. The molecule has 0 N–H and O–H groups in total. The molecule has 3 rings (SSSR count). The summed E-state index contributed by atoms with van der Waals surface area (Å²) >= 11 is 9.29. The van der Waals surface area contributed by atoms with Crippen LogP contribution in [0.4, 0.5) is 0 Å². The van der Waals surface area contributed by atoms with E-state index in [0.717, 1.165) is 15.6 Å². The van der Waals surface area contributed by atoms with Gasteiger partial charge < -0.3 is 0 Å². The van der Waals surface area contributed by atoms with Crippen LogP contribution in [0.2, 0.25) is 5.02 Å². The van der Waals surface area contributed by atoms with Crippen molar-refractivity contribution in [3.8, 4) is 22.8 Å². The normalized spacial score (nSPS) is 10.5. The number of benzene rings is 2. The maximum Gasteiger partial charge on any atom is 0.163 e. The molecule has 0 bridgehead atoms. The second-order valence-corrected chi connectivity index (χ2v) is 5.50. The van der Waals surface area contributed by atoms with Crippen molar-refractivity contribution in [1.29, 1.82) is 0 Å². The van der Waals surface area contributed by atoms with E-state index in [1.54, 1.807) is 0 Å². The molecule has 0 radical (unpaired) electrons. The van der Waals surface area contributed by atoms with E-state index in [1.165, 1.54) is 6.33 Å². The minimum absolute atomic E-state index is 0.634. The van der Waals surface area contributed by atoms with Gasteiger partial charge in [-0.15, -0.1) is 0 Å². The van der Waals surface area contributed by atoms with Crippen LogP contribution in [0.25, 0.3) is 22.8 Å². The molecule has 1 aromatic heterocycles. The van der Waals surface area contributed by atoms with Gasteiger partial charge in [0, 0.05) is 20.6 Å². The van der Waals surface area contributed by atoms with Crippen molar-refractivity contribution in [3.05, 3.63) is 64.4 Å². The van der Waals surface area contributed by atoms with E-state index in [-0.39, 0.29) is 0 Å². The zero-order valence-corrected chi connectivity index (χ0v) is 12.6. The highest BCUT2D eigenvalue weighted by Crippen LogP contribution is 2.21. The first kappa shape index (κ1) is 13.2. The van der Waals surface area contributed by atoms with Gasteiger partial charge in [0.25, 0.3) is 0 Å². The molecule has 0 spiro atoms. The van der Waals surface area contributed by atoms with Crippen LogP contribution in [-0.2, 0) is 0 Å². The van der Waals surface area contributed by atoms with E-state index in [1.807, 2.05) is 48.5 Å². The fourth-order valence-electron chi connectivity index (χ4n) is 1.77. The maximum absolute atomic E-state index is 5.88. The van der Waals surface area contributed by atoms with Crippen molar-refractivity contribution >= 4 is 27.5 Å². The smallest absolute Gasteiger partial charge is 0.163 e. The van der Waals surface area contributed by atoms with E-state index in [0.29, 0.717) is 16.7 Å². The van der Waals surface area contributed by atoms with Crippen molar-refractivity contribution < 1.29 is 0 Å². The molecular formula is C15H9BrClN3. The van der Waals surface area contributed by atoms with Crippen LogP contribution < -0.4 is 0 Å². The highest BCUT2D eigenvalue weighted by atomic mass is 79.9. The van der Waals surface area contributed by atoms with Gasteiger partial charge in [-0.3, -0.25) is 0 Å². The first-order valence-electron chi connectivity index (χ1n) is 5.93. The van der Waals surface area contributed by atoms with Crippen molar-refractivity contribution in [2.75, 3.05) is 0 Å². The Hall–Kier alpha value is -1.78. The van der Waals surface area contributed by atoms with Crippen molar-refractivity contribution in [1.82, 2.24) is 15.0 Å². The number of hydrogen-bond donors (Lipinski definition) is 0. The summed E-state index contributed by atoms with van der Waals surface area (Å²) in [6.45, 7) is 0. The lowest BCUT2D eigenvalue weighted by Crippen LogP contribution is -1.94. The summed E-state index contributed by atoms with van der Waals surface area (Å²) in [5.74, 6) is 1.28. The summed E-state index contributed by atoms with van der Waals surface area (Å²) < 4.78 is 1.02. The summed E-state index contributed by atoms with van der Waals surface area (Å²) in [7, 11) is 0. The molecule has 98 valence electrons. The Bertz CT molecular complexity index is 666. The predicted octanol–water partition coefficient (Wildman–Crippen LogP) is 4.62. The summed E-state index contributed by atoms with van der Waals surface area (Å²) in [5, 5.41) is 0.691. The lowest BCUT2D eigenvalue weighted by Gasteiger charge is -2.03. The highest BCUT2D eigenvalue weighted by Gasteiger charge is 2.06. The lowest BCUT2D eigenvalue weighted by molar-refractivity contribution is 1.06. The minimum atomic E-state index is 0.634. The number of aromatic nitrogens is 3. The fraction of sp³-hybridized carbons (Fsp3) is 0. The molecule has 0 saturated heterocycles. The second-order valence-electron chi connectivity index (χ2n) is 4.15. The van der Waals surface area contributed by atoms with Crippen LogP contribution in [0.3, 0.4) is 0 Å². The van der Waals surface area contributed by atoms with Crippen molar-refractivity contribution in [2.24, 2.45) is 0 Å². The standard InChI is InChI=1S/C15H9BrClN3/c16-12-5-1-10(2-6-12)14-18-9-19-15(20-14)11-3-7-13(17)8-4-11/h1-9H. The zero-order chi connectivity index (χ0) is 13.9. The molecule has 0 fully saturated rings. The second kappa shape index (κ2) is 5.69. The molecule has 0 amide bonds. The molecule has 0 aliphatic heterocycles. The predicted molar refractivity (Wildman–Crippen MR) is 83.4 cm³/mol. The van der Waals surface area contributed by atoms with Gasteiger partial charge >= 0.3 is 0 Å². The van der Waals surface area contributed by atoms with Crippen LogP contribution in [0.15, 0.2) is 59.3 Å². The molecule has 0 saturated carbocycles. The van der Waals surface area contributed by atoms with Crippen LogP contribution >= 0.6 is 27.5 Å². The van der Waals surface area contributed by atoms with Gasteiger partial charge in [0.2, 0.25) is 0 Å². The number of hydrogen-bond acceptors (Lipinski definition) is 3. The van der Waals surface area contributed by atoms with Crippen molar-refractivity contribution in [3.63, 3.8) is 0 Å². The SMILES string of the molecule is Clc1ccc(-c2ncnc(-c3ccc(Br)cc3)n2)cc1. The Morgan fingerprint density at radius 1 is 0.750 bits per heavy atom. The van der Waals surface area contributed by atoms with E-state index in [4.69, 9.17) is 11.6 Å². The molecule has 2 aromatic carbocycles. The average Bonchev–Trinajstić information content (AvgIpc) is 2.49. The van der Waals surface area contributed by atoms with Gasteiger partial charge in [0.05, 0.1) is 0 Å². The zero-order valence-electron chi connectivity index (χ0n) is 10.3. The third-order valence-corrected chi connectivity index (χ3v) is 3.56. The van der Waals surface area contributed by atoms with E-state index in [2.05, 4.69) is 30.9 Å². The lowest BCUT2D eigenvalue weighted by atomic mass is 10.2. The van der Waals surface area contributed by atoms with Gasteiger partial charge in [0.1, 0.15) is 6.33 Å². The van der Waals surface area contributed by atoms with Gasteiger partial charge in [0.15, 0.2) is 11.6 Å². The number of rotatable bonds is 2. The Labute approximate surface area is 129 Å². The quantitative estimate of drug-likeness (QED) is 0.679. The molecule has 0 aliphatic rings. The summed E-state index contributed by atoms with van der Waals surface area (Å²) in [6.07, 6.45) is 1.52. The summed E-state index contributed by atoms with van der Waals surface area (Å²) in [4.78, 5) is 12.9. The van der Waals surface area contributed by atoms with Crippen molar-refractivity contribution in [2.45, 2.75) is 0 Å². The third-order valence-electron chi connectivity index (χ3n) is 2.78. The number of nitrogens with zero attached hydrogens (tertiary/aromatic N) is 3. The van der Waals surface area contributed by atoms with E-state index < -0.39 is 0 Å². The topological polar surface area (TPSA) is 38.7 Å². The maximum atomic E-state index is 5.88. The molecule has 0 aliphatic carbocycles. The molecule has 3 nitrogen and oxygen atoms in total. The Morgan fingerprint density at radius 3 is 1.80 bits per heavy atom. The van der Waals surface area contributed by atoms with E-state index >= 15 is 0 Å². The molecule has 0 atom stereocenters. The fourth-order valence-corrected chi connectivity index (χ4v) is 2.16. The molecule has 20 heavy (non-hydrogen) atoms. The third kappa shape index (κ3) is 2.86. The largest absolute Gasteiger partial charge is 0.217 e. The Kier molecular flexibility index (Phi) is 3.76. The summed E-state index contributed by atoms with van der Waals surface area (Å²) in [5.41, 5.74) is 1.86. The average molecular weight is 347 g/mol. The van der Waals surface area contributed by atoms with E-state index in [9.17, 15) is 0 Å². The van der Waals surface area contributed by atoms with Crippen LogP contribution in [0, 0.1) is 0 Å². The first-order chi connectivity index (χ1) is 9.72. The Morgan fingerprint density at radius 2 is 1.25 bits per heavy atom. The van der Waals surface area contributed by atoms with Gasteiger partial charge in [-0.05, 0) is 36.4 Å². The van der Waals surface area contributed by atoms with Gasteiger partial charge in [-0.1, -0.05) is 39.7 Å². The molecule has 5 heteroatoms. The molecule has 0 unspecified atom stereocenters. The van der Waals surface area contributed by atoms with Crippen LogP contribution in [0.5, 0.6) is 0 Å². The monoisotopic (exact) mass is 345 g/mol.